The van der Waals surface area contributed by atoms with Gasteiger partial charge in [-0.15, -0.1) is 0 Å². The van der Waals surface area contributed by atoms with Gasteiger partial charge in [0.15, 0.2) is 0 Å². The van der Waals surface area contributed by atoms with Crippen LogP contribution in [0.1, 0.15) is 29.6 Å². The first kappa shape index (κ1) is 10.8. The van der Waals surface area contributed by atoms with Gasteiger partial charge in [-0.3, -0.25) is 4.79 Å². The predicted octanol–water partition coefficient (Wildman–Crippen LogP) is 2.26. The quantitative estimate of drug-likeness (QED) is 0.744. The first-order valence-electron chi connectivity index (χ1n) is 6.30. The lowest BCUT2D eigenvalue weighted by Gasteiger charge is -2.30. The number of aldehydes is 1. The molecule has 1 aromatic carbocycles. The molecule has 90 valence electrons. The number of benzene rings is 1. The molecule has 0 amide bonds. The Morgan fingerprint density at radius 1 is 1.12 bits per heavy atom. The molecule has 0 aromatic heterocycles. The van der Waals surface area contributed by atoms with Gasteiger partial charge in [-0.1, -0.05) is 0 Å². The Hall–Kier alpha value is -1.35. The Bertz CT molecular complexity index is 391. The number of anilines is 1. The summed E-state index contributed by atoms with van der Waals surface area (Å²) in [7, 11) is 0. The minimum Gasteiger partial charge on any atom is -0.379 e. The van der Waals surface area contributed by atoms with Crippen LogP contribution in [-0.2, 0) is 4.74 Å². The van der Waals surface area contributed by atoms with Crippen LogP contribution < -0.4 is 4.90 Å². The van der Waals surface area contributed by atoms with Crippen molar-refractivity contribution < 1.29 is 9.53 Å². The van der Waals surface area contributed by atoms with E-state index < -0.39 is 0 Å². The number of hydrogen-bond acceptors (Lipinski definition) is 3. The van der Waals surface area contributed by atoms with Crippen LogP contribution in [0.25, 0.3) is 0 Å². The molecular formula is C14H17NO2. The molecule has 1 aliphatic heterocycles. The molecule has 1 aromatic rings. The fraction of sp³-hybridized carbons (Fsp3) is 0.500. The Morgan fingerprint density at radius 3 is 2.41 bits per heavy atom. The van der Waals surface area contributed by atoms with Gasteiger partial charge in [0.25, 0.3) is 0 Å². The summed E-state index contributed by atoms with van der Waals surface area (Å²) in [6.45, 7) is 1.71. The zero-order chi connectivity index (χ0) is 11.7. The molecule has 1 saturated carbocycles. The van der Waals surface area contributed by atoms with Crippen molar-refractivity contribution in [3.8, 4) is 0 Å². The van der Waals surface area contributed by atoms with Crippen LogP contribution in [0.3, 0.4) is 0 Å². The van der Waals surface area contributed by atoms with E-state index >= 15 is 0 Å². The standard InChI is InChI=1S/C14H17NO2/c16-9-11-1-3-12(4-2-11)15(13-5-6-13)14-7-8-17-10-14/h1-4,9,13-14H,5-8,10H2. The van der Waals surface area contributed by atoms with E-state index in [9.17, 15) is 4.79 Å². The highest BCUT2D eigenvalue weighted by atomic mass is 16.5. The summed E-state index contributed by atoms with van der Waals surface area (Å²) in [5, 5.41) is 0. The van der Waals surface area contributed by atoms with Crippen LogP contribution in [0.5, 0.6) is 0 Å². The highest BCUT2D eigenvalue weighted by Crippen LogP contribution is 2.35. The van der Waals surface area contributed by atoms with Gasteiger partial charge < -0.3 is 9.64 Å². The van der Waals surface area contributed by atoms with Crippen molar-refractivity contribution in [3.63, 3.8) is 0 Å². The third kappa shape index (κ3) is 2.20. The third-order valence-corrected chi connectivity index (χ3v) is 3.57. The zero-order valence-electron chi connectivity index (χ0n) is 9.84. The van der Waals surface area contributed by atoms with Gasteiger partial charge in [-0.05, 0) is 43.5 Å². The van der Waals surface area contributed by atoms with Gasteiger partial charge in [-0.25, -0.2) is 0 Å². The maximum Gasteiger partial charge on any atom is 0.150 e. The molecule has 1 atom stereocenters. The van der Waals surface area contributed by atoms with Crippen LogP contribution in [0, 0.1) is 0 Å². The van der Waals surface area contributed by atoms with E-state index in [1.807, 2.05) is 12.1 Å². The Kier molecular flexibility index (Phi) is 2.85. The molecule has 1 unspecified atom stereocenters. The molecule has 0 bridgehead atoms. The minimum atomic E-state index is 0.518. The van der Waals surface area contributed by atoms with Crippen LogP contribution in [0.15, 0.2) is 24.3 Å². The summed E-state index contributed by atoms with van der Waals surface area (Å²) in [4.78, 5) is 13.1. The van der Waals surface area contributed by atoms with Crippen molar-refractivity contribution in [1.29, 1.82) is 0 Å². The van der Waals surface area contributed by atoms with E-state index in [1.54, 1.807) is 0 Å². The van der Waals surface area contributed by atoms with E-state index in [4.69, 9.17) is 4.74 Å². The van der Waals surface area contributed by atoms with Crippen molar-refractivity contribution >= 4 is 12.0 Å². The lowest BCUT2D eigenvalue weighted by atomic mass is 10.1. The topological polar surface area (TPSA) is 29.5 Å². The van der Waals surface area contributed by atoms with Crippen molar-refractivity contribution in [1.82, 2.24) is 0 Å². The number of rotatable bonds is 4. The number of hydrogen-bond donors (Lipinski definition) is 0. The van der Waals surface area contributed by atoms with Gasteiger partial charge >= 0.3 is 0 Å². The van der Waals surface area contributed by atoms with Crippen LogP contribution in [-0.4, -0.2) is 31.6 Å². The Morgan fingerprint density at radius 2 is 1.88 bits per heavy atom. The zero-order valence-corrected chi connectivity index (χ0v) is 9.84. The van der Waals surface area contributed by atoms with E-state index in [0.29, 0.717) is 12.1 Å². The molecule has 2 fully saturated rings. The van der Waals surface area contributed by atoms with Crippen LogP contribution in [0.4, 0.5) is 5.69 Å². The summed E-state index contributed by atoms with van der Waals surface area (Å²) in [5.41, 5.74) is 1.97. The van der Waals surface area contributed by atoms with Gasteiger partial charge in [0.2, 0.25) is 0 Å². The first-order chi connectivity index (χ1) is 8.38. The second kappa shape index (κ2) is 4.49. The van der Waals surface area contributed by atoms with Gasteiger partial charge in [-0.2, -0.15) is 0 Å². The first-order valence-corrected chi connectivity index (χ1v) is 6.30. The minimum absolute atomic E-state index is 0.518. The monoisotopic (exact) mass is 231 g/mol. The average Bonchev–Trinajstić information content (AvgIpc) is 3.05. The summed E-state index contributed by atoms with van der Waals surface area (Å²) < 4.78 is 5.48. The summed E-state index contributed by atoms with van der Waals surface area (Å²) in [6.07, 6.45) is 4.58. The average molecular weight is 231 g/mol. The molecule has 1 saturated heterocycles. The fourth-order valence-corrected chi connectivity index (χ4v) is 2.54. The maximum atomic E-state index is 10.7. The molecule has 17 heavy (non-hydrogen) atoms. The summed E-state index contributed by atoms with van der Waals surface area (Å²) in [6, 6.07) is 9.11. The molecule has 3 heteroatoms. The van der Waals surface area contributed by atoms with Crippen LogP contribution in [0.2, 0.25) is 0 Å². The lowest BCUT2D eigenvalue weighted by Crippen LogP contribution is -2.37. The fourth-order valence-electron chi connectivity index (χ4n) is 2.54. The molecule has 1 aliphatic carbocycles. The lowest BCUT2D eigenvalue weighted by molar-refractivity contribution is 0.112. The number of carbonyl (C=O) groups is 1. The molecule has 0 radical (unpaired) electrons. The van der Waals surface area contributed by atoms with E-state index in [-0.39, 0.29) is 0 Å². The molecule has 3 nitrogen and oxygen atoms in total. The normalized spacial score (nSPS) is 23.6. The molecule has 2 aliphatic rings. The molecule has 0 N–H and O–H groups in total. The summed E-state index contributed by atoms with van der Waals surface area (Å²) in [5.74, 6) is 0. The molecular weight excluding hydrogens is 214 g/mol. The highest BCUT2D eigenvalue weighted by Gasteiger charge is 2.35. The largest absolute Gasteiger partial charge is 0.379 e. The van der Waals surface area contributed by atoms with Crippen LogP contribution >= 0.6 is 0 Å². The van der Waals surface area contributed by atoms with E-state index in [1.165, 1.54) is 18.5 Å². The Balaban J connectivity index is 1.83. The summed E-state index contributed by atoms with van der Waals surface area (Å²) >= 11 is 0. The second-order valence-electron chi connectivity index (χ2n) is 4.87. The maximum absolute atomic E-state index is 10.7. The number of nitrogens with zero attached hydrogens (tertiary/aromatic N) is 1. The van der Waals surface area contributed by atoms with Gasteiger partial charge in [0.1, 0.15) is 6.29 Å². The Labute approximate surface area is 101 Å². The smallest absolute Gasteiger partial charge is 0.150 e. The number of carbonyl (C=O) groups excluding carboxylic acids is 1. The number of ether oxygens (including phenoxy) is 1. The van der Waals surface area contributed by atoms with Crippen molar-refractivity contribution in [2.45, 2.75) is 31.3 Å². The van der Waals surface area contributed by atoms with E-state index in [0.717, 1.165) is 31.5 Å². The van der Waals surface area contributed by atoms with Gasteiger partial charge in [0.05, 0.1) is 12.6 Å². The highest BCUT2D eigenvalue weighted by molar-refractivity contribution is 5.75. The molecule has 3 rings (SSSR count). The SMILES string of the molecule is O=Cc1ccc(N(C2CC2)C2CCOC2)cc1. The van der Waals surface area contributed by atoms with Crippen molar-refractivity contribution in [2.75, 3.05) is 18.1 Å². The predicted molar refractivity (Wildman–Crippen MR) is 66.6 cm³/mol. The molecule has 0 spiro atoms. The van der Waals surface area contributed by atoms with Crippen molar-refractivity contribution in [2.24, 2.45) is 0 Å². The van der Waals surface area contributed by atoms with Crippen molar-refractivity contribution in [3.05, 3.63) is 29.8 Å². The van der Waals surface area contributed by atoms with E-state index in [2.05, 4.69) is 17.0 Å². The van der Waals surface area contributed by atoms with Gasteiger partial charge in [0, 0.05) is 23.9 Å². The second-order valence-corrected chi connectivity index (χ2v) is 4.87. The third-order valence-electron chi connectivity index (χ3n) is 3.57. The molecule has 1 heterocycles.